The molecule has 0 unspecified atom stereocenters. The zero-order valence-electron chi connectivity index (χ0n) is 19.1. The summed E-state index contributed by atoms with van der Waals surface area (Å²) in [6.07, 6.45) is 1.71. The number of benzene rings is 2. The van der Waals surface area contributed by atoms with Crippen molar-refractivity contribution < 1.29 is 4.79 Å². The van der Waals surface area contributed by atoms with Crippen molar-refractivity contribution in [3.05, 3.63) is 81.0 Å². The molecule has 0 fully saturated rings. The fourth-order valence-electron chi connectivity index (χ4n) is 4.04. The van der Waals surface area contributed by atoms with Crippen molar-refractivity contribution in [3.8, 4) is 5.69 Å². The molecule has 7 heteroatoms. The van der Waals surface area contributed by atoms with Gasteiger partial charge in [-0.3, -0.25) is 14.2 Å². The Morgan fingerprint density at radius 1 is 0.969 bits per heavy atom. The zero-order chi connectivity index (χ0) is 23.0. The van der Waals surface area contributed by atoms with E-state index in [1.54, 1.807) is 17.8 Å². The molecule has 0 aliphatic carbocycles. The van der Waals surface area contributed by atoms with Crippen LogP contribution in [0.2, 0.25) is 0 Å². The van der Waals surface area contributed by atoms with Gasteiger partial charge in [-0.1, -0.05) is 35.4 Å². The summed E-state index contributed by atoms with van der Waals surface area (Å²) in [7, 11) is 0. The Labute approximate surface area is 186 Å². The highest BCUT2D eigenvalue weighted by Crippen LogP contribution is 2.22. The first kappa shape index (κ1) is 21.5. The van der Waals surface area contributed by atoms with E-state index in [9.17, 15) is 9.59 Å². The third kappa shape index (κ3) is 4.06. The number of fused-ring (bicyclic) bond motifs is 1. The molecular weight excluding hydrogens is 402 g/mol. The van der Waals surface area contributed by atoms with Crippen LogP contribution >= 0.6 is 0 Å². The first-order chi connectivity index (χ1) is 15.2. The maximum Gasteiger partial charge on any atom is 0.264 e. The highest BCUT2D eigenvalue weighted by atomic mass is 16.2. The van der Waals surface area contributed by atoms with Gasteiger partial charge in [0, 0.05) is 18.7 Å². The summed E-state index contributed by atoms with van der Waals surface area (Å²) in [6, 6.07) is 12.0. The van der Waals surface area contributed by atoms with Crippen molar-refractivity contribution in [2.75, 3.05) is 5.32 Å². The van der Waals surface area contributed by atoms with E-state index in [-0.39, 0.29) is 24.4 Å². The van der Waals surface area contributed by atoms with Crippen LogP contribution in [0, 0.1) is 34.6 Å². The number of hydrogen-bond donors (Lipinski definition) is 1. The Morgan fingerprint density at radius 3 is 2.28 bits per heavy atom. The van der Waals surface area contributed by atoms with Gasteiger partial charge in [0.2, 0.25) is 5.91 Å². The summed E-state index contributed by atoms with van der Waals surface area (Å²) in [5.74, 6) is 0.411. The van der Waals surface area contributed by atoms with Gasteiger partial charge in [0.1, 0.15) is 11.2 Å². The van der Waals surface area contributed by atoms with Crippen molar-refractivity contribution in [3.63, 3.8) is 0 Å². The van der Waals surface area contributed by atoms with Gasteiger partial charge in [-0.05, 0) is 57.9 Å². The molecule has 0 bridgehead atoms. The average Bonchev–Trinajstić information content (AvgIpc) is 3.15. The van der Waals surface area contributed by atoms with Crippen LogP contribution in [0.4, 0.5) is 5.69 Å². The number of amides is 1. The van der Waals surface area contributed by atoms with Crippen LogP contribution in [0.25, 0.3) is 16.7 Å². The monoisotopic (exact) mass is 429 g/mol. The molecule has 0 radical (unpaired) electrons. The molecule has 0 saturated carbocycles. The Hall–Kier alpha value is -3.74. The SMILES string of the molecule is Cc1ccc(-n2ncc3c(=O)n(CCC(=O)Nc4c(C)cc(C)cc4C)c(C)nc32)cc1. The smallest absolute Gasteiger partial charge is 0.264 e. The Morgan fingerprint density at radius 2 is 1.62 bits per heavy atom. The second-order valence-electron chi connectivity index (χ2n) is 8.32. The Kier molecular flexibility index (Phi) is 5.65. The molecule has 32 heavy (non-hydrogen) atoms. The fraction of sp³-hybridized carbons (Fsp3) is 0.280. The normalized spacial score (nSPS) is 11.2. The largest absolute Gasteiger partial charge is 0.326 e. The quantitative estimate of drug-likeness (QED) is 0.517. The average molecular weight is 430 g/mol. The number of anilines is 1. The van der Waals surface area contributed by atoms with Crippen molar-refractivity contribution in [2.45, 2.75) is 47.6 Å². The Balaban J connectivity index is 1.57. The summed E-state index contributed by atoms with van der Waals surface area (Å²) < 4.78 is 3.21. The van der Waals surface area contributed by atoms with Crippen LogP contribution in [-0.2, 0) is 11.3 Å². The molecule has 0 saturated heterocycles. The molecule has 0 aliphatic heterocycles. The summed E-state index contributed by atoms with van der Waals surface area (Å²) in [5.41, 5.74) is 6.35. The second kappa shape index (κ2) is 8.42. The molecule has 2 heterocycles. The maximum absolute atomic E-state index is 13.1. The van der Waals surface area contributed by atoms with Gasteiger partial charge in [-0.2, -0.15) is 5.10 Å². The van der Waals surface area contributed by atoms with E-state index in [2.05, 4.69) is 15.4 Å². The zero-order valence-corrected chi connectivity index (χ0v) is 19.1. The maximum atomic E-state index is 13.1. The van der Waals surface area contributed by atoms with Crippen LogP contribution in [-0.4, -0.2) is 25.2 Å². The van der Waals surface area contributed by atoms with Crippen molar-refractivity contribution in [1.29, 1.82) is 0 Å². The van der Waals surface area contributed by atoms with Crippen molar-refractivity contribution in [1.82, 2.24) is 19.3 Å². The van der Waals surface area contributed by atoms with E-state index in [1.807, 2.05) is 64.1 Å². The van der Waals surface area contributed by atoms with Crippen LogP contribution in [0.1, 0.15) is 34.5 Å². The topological polar surface area (TPSA) is 81.8 Å². The molecule has 0 atom stereocenters. The lowest BCUT2D eigenvalue weighted by atomic mass is 10.1. The molecular formula is C25H27N5O2. The van der Waals surface area contributed by atoms with Crippen molar-refractivity contribution >= 4 is 22.6 Å². The molecule has 1 amide bonds. The summed E-state index contributed by atoms with van der Waals surface area (Å²) in [4.78, 5) is 30.3. The second-order valence-corrected chi connectivity index (χ2v) is 8.32. The summed E-state index contributed by atoms with van der Waals surface area (Å²) in [6.45, 7) is 10.0. The highest BCUT2D eigenvalue weighted by molar-refractivity contribution is 5.92. The number of aromatic nitrogens is 4. The van der Waals surface area contributed by atoms with Gasteiger partial charge in [0.05, 0.1) is 11.9 Å². The molecule has 4 rings (SSSR count). The first-order valence-corrected chi connectivity index (χ1v) is 10.6. The van der Waals surface area contributed by atoms with E-state index in [4.69, 9.17) is 0 Å². The summed E-state index contributed by atoms with van der Waals surface area (Å²) in [5, 5.41) is 7.80. The lowest BCUT2D eigenvalue weighted by Crippen LogP contribution is -2.26. The first-order valence-electron chi connectivity index (χ1n) is 10.6. The lowest BCUT2D eigenvalue weighted by Gasteiger charge is -2.14. The van der Waals surface area contributed by atoms with Crippen LogP contribution < -0.4 is 10.9 Å². The molecule has 0 aliphatic rings. The molecule has 2 aromatic heterocycles. The van der Waals surface area contributed by atoms with Crippen LogP contribution in [0.15, 0.2) is 47.4 Å². The Bertz CT molecular complexity index is 1360. The summed E-state index contributed by atoms with van der Waals surface area (Å²) >= 11 is 0. The third-order valence-corrected chi connectivity index (χ3v) is 5.66. The van der Waals surface area contributed by atoms with Gasteiger partial charge in [-0.15, -0.1) is 0 Å². The predicted octanol–water partition coefficient (Wildman–Crippen LogP) is 4.15. The van der Waals surface area contributed by atoms with Crippen LogP contribution in [0.5, 0.6) is 0 Å². The number of nitrogens with one attached hydrogen (secondary N) is 1. The fourth-order valence-corrected chi connectivity index (χ4v) is 4.04. The van der Waals surface area contributed by atoms with Gasteiger partial charge < -0.3 is 5.32 Å². The molecule has 0 spiro atoms. The molecule has 164 valence electrons. The minimum atomic E-state index is -0.193. The number of carbonyl (C=O) groups is 1. The number of aryl methyl sites for hydroxylation is 5. The highest BCUT2D eigenvalue weighted by Gasteiger charge is 2.15. The van der Waals surface area contributed by atoms with Crippen LogP contribution in [0.3, 0.4) is 0 Å². The molecule has 7 nitrogen and oxygen atoms in total. The van der Waals surface area contributed by atoms with E-state index >= 15 is 0 Å². The number of hydrogen-bond acceptors (Lipinski definition) is 4. The number of carbonyl (C=O) groups excluding carboxylic acids is 1. The van der Waals surface area contributed by atoms with Gasteiger partial charge in [0.25, 0.3) is 5.56 Å². The van der Waals surface area contributed by atoms with Crippen molar-refractivity contribution in [2.24, 2.45) is 0 Å². The van der Waals surface area contributed by atoms with E-state index in [1.165, 1.54) is 4.57 Å². The standard InChI is InChI=1S/C25H27N5O2/c1-15-6-8-20(9-7-15)30-24-21(14-26-30)25(32)29(19(5)27-24)11-10-22(31)28-23-17(3)12-16(2)13-18(23)4/h6-9,12-14H,10-11H2,1-5H3,(H,28,31). The van der Waals surface area contributed by atoms with E-state index in [0.717, 1.165) is 33.6 Å². The third-order valence-electron chi connectivity index (χ3n) is 5.66. The number of nitrogens with zero attached hydrogens (tertiary/aromatic N) is 4. The lowest BCUT2D eigenvalue weighted by molar-refractivity contribution is -0.116. The molecule has 1 N–H and O–H groups in total. The van der Waals surface area contributed by atoms with Gasteiger partial charge >= 0.3 is 0 Å². The van der Waals surface area contributed by atoms with Gasteiger partial charge in [-0.25, -0.2) is 9.67 Å². The predicted molar refractivity (Wildman–Crippen MR) is 126 cm³/mol. The van der Waals surface area contributed by atoms with E-state index in [0.29, 0.717) is 16.9 Å². The molecule has 4 aromatic rings. The van der Waals surface area contributed by atoms with Gasteiger partial charge in [0.15, 0.2) is 5.65 Å². The molecule has 2 aromatic carbocycles. The number of rotatable bonds is 5. The minimum Gasteiger partial charge on any atom is -0.326 e. The van der Waals surface area contributed by atoms with E-state index < -0.39 is 0 Å². The minimum absolute atomic E-state index is 0.137.